The zero-order chi connectivity index (χ0) is 18.7. The summed E-state index contributed by atoms with van der Waals surface area (Å²) in [7, 11) is 0. The highest BCUT2D eigenvalue weighted by Gasteiger charge is 2.61. The highest BCUT2D eigenvalue weighted by Crippen LogP contribution is 2.62. The Morgan fingerprint density at radius 2 is 1.81 bits per heavy atom. The average Bonchev–Trinajstić information content (AvgIpc) is 3.37. The molecule has 6 heteroatoms. The van der Waals surface area contributed by atoms with Gasteiger partial charge in [-0.05, 0) is 38.2 Å². The molecule has 2 aliphatic carbocycles. The van der Waals surface area contributed by atoms with Crippen molar-refractivity contribution in [3.05, 3.63) is 29.8 Å². The molecule has 2 heterocycles. The molecule has 2 saturated carbocycles. The van der Waals surface area contributed by atoms with Gasteiger partial charge in [-0.2, -0.15) is 0 Å². The van der Waals surface area contributed by atoms with E-state index in [0.29, 0.717) is 51.7 Å². The van der Waals surface area contributed by atoms with E-state index in [1.54, 1.807) is 0 Å². The molecule has 3 fully saturated rings. The fourth-order valence-electron chi connectivity index (χ4n) is 5.69. The monoisotopic (exact) mass is 371 g/mol. The zero-order valence-electron chi connectivity index (χ0n) is 15.3. The average molecular weight is 371 g/mol. The van der Waals surface area contributed by atoms with E-state index in [4.69, 9.17) is 9.47 Å². The van der Waals surface area contributed by atoms with Gasteiger partial charge in [0, 0.05) is 18.4 Å². The Morgan fingerprint density at radius 3 is 2.48 bits per heavy atom. The number of fused-ring (bicyclic) bond motifs is 3. The van der Waals surface area contributed by atoms with Gasteiger partial charge in [-0.15, -0.1) is 0 Å². The molecular formula is C21H25NO5. The van der Waals surface area contributed by atoms with Crippen molar-refractivity contribution < 1.29 is 24.2 Å². The van der Waals surface area contributed by atoms with Crippen molar-refractivity contribution in [2.24, 2.45) is 10.8 Å². The van der Waals surface area contributed by atoms with Crippen molar-refractivity contribution in [2.75, 3.05) is 13.2 Å². The highest BCUT2D eigenvalue weighted by atomic mass is 16.6. The molecular weight excluding hydrogens is 346 g/mol. The van der Waals surface area contributed by atoms with Crippen molar-refractivity contribution in [3.8, 4) is 5.75 Å². The van der Waals surface area contributed by atoms with Crippen LogP contribution in [0.2, 0.25) is 0 Å². The maximum absolute atomic E-state index is 13.3. The number of hydrogen-bond acceptors (Lipinski definition) is 4. The number of para-hydroxylation sites is 1. The number of carboxylic acid groups (broad SMARTS) is 1. The van der Waals surface area contributed by atoms with E-state index >= 15 is 0 Å². The predicted octanol–water partition coefficient (Wildman–Crippen LogP) is 2.82. The van der Waals surface area contributed by atoms with Gasteiger partial charge in [0.1, 0.15) is 11.4 Å². The van der Waals surface area contributed by atoms with Crippen molar-refractivity contribution in [1.82, 2.24) is 5.32 Å². The molecule has 1 amide bonds. The summed E-state index contributed by atoms with van der Waals surface area (Å²) in [6.07, 6.45) is 4.54. The van der Waals surface area contributed by atoms with E-state index in [1.165, 1.54) is 0 Å². The molecule has 1 spiro atoms. The first-order chi connectivity index (χ1) is 13.0. The van der Waals surface area contributed by atoms with Gasteiger partial charge in [-0.25, -0.2) is 0 Å². The van der Waals surface area contributed by atoms with Gasteiger partial charge >= 0.3 is 5.97 Å². The summed E-state index contributed by atoms with van der Waals surface area (Å²) in [5.41, 5.74) is -0.587. The van der Waals surface area contributed by atoms with Gasteiger partial charge in [0.25, 0.3) is 0 Å². The number of rotatable bonds is 3. The molecule has 0 aromatic heterocycles. The number of carboxylic acids is 1. The molecule has 2 unspecified atom stereocenters. The lowest BCUT2D eigenvalue weighted by molar-refractivity contribution is -0.148. The second-order valence-electron chi connectivity index (χ2n) is 8.90. The standard InChI is InChI=1S/C21H25NO5/c23-17(19-5-7-20(12-19,8-6-19)18(24)25)22-15-11-21(9-10-26-13-21)27-16-4-2-1-3-14(15)16/h1-4,15H,5-13H2,(H,22,23)(H,24,25). The second kappa shape index (κ2) is 5.71. The number of nitrogens with one attached hydrogen (secondary N) is 1. The summed E-state index contributed by atoms with van der Waals surface area (Å²) in [6.45, 7) is 1.22. The summed E-state index contributed by atoms with van der Waals surface area (Å²) >= 11 is 0. The van der Waals surface area contributed by atoms with Crippen LogP contribution < -0.4 is 10.1 Å². The van der Waals surface area contributed by atoms with Crippen LogP contribution in [0.4, 0.5) is 0 Å². The molecule has 1 aromatic rings. The van der Waals surface area contributed by atoms with Gasteiger partial charge in [0.2, 0.25) is 5.91 Å². The summed E-state index contributed by atoms with van der Waals surface area (Å²) in [4.78, 5) is 25.0. The van der Waals surface area contributed by atoms with E-state index in [9.17, 15) is 14.7 Å². The van der Waals surface area contributed by atoms with Crippen LogP contribution in [-0.2, 0) is 14.3 Å². The van der Waals surface area contributed by atoms with E-state index < -0.39 is 16.8 Å². The third-order valence-corrected chi connectivity index (χ3v) is 7.35. The topological polar surface area (TPSA) is 84.9 Å². The van der Waals surface area contributed by atoms with Crippen molar-refractivity contribution in [2.45, 2.75) is 56.6 Å². The Morgan fingerprint density at radius 1 is 1.07 bits per heavy atom. The number of amides is 1. The normalized spacial score (nSPS) is 39.2. The third kappa shape index (κ3) is 2.49. The van der Waals surface area contributed by atoms with E-state index in [-0.39, 0.29) is 17.6 Å². The third-order valence-electron chi connectivity index (χ3n) is 7.35. The Hall–Kier alpha value is -2.08. The van der Waals surface area contributed by atoms with Crippen LogP contribution in [0.15, 0.2) is 24.3 Å². The first kappa shape index (κ1) is 17.0. The predicted molar refractivity (Wildman–Crippen MR) is 96.3 cm³/mol. The van der Waals surface area contributed by atoms with E-state index in [1.807, 2.05) is 24.3 Å². The van der Waals surface area contributed by atoms with E-state index in [0.717, 1.165) is 17.7 Å². The molecule has 6 nitrogen and oxygen atoms in total. The number of hydrogen-bond donors (Lipinski definition) is 2. The van der Waals surface area contributed by atoms with Gasteiger partial charge < -0.3 is 19.9 Å². The summed E-state index contributed by atoms with van der Waals surface area (Å²) < 4.78 is 11.9. The first-order valence-corrected chi connectivity index (χ1v) is 9.86. The first-order valence-electron chi connectivity index (χ1n) is 9.86. The lowest BCUT2D eigenvalue weighted by Gasteiger charge is -2.40. The molecule has 1 saturated heterocycles. The minimum Gasteiger partial charge on any atom is -0.484 e. The van der Waals surface area contributed by atoms with Crippen molar-refractivity contribution in [1.29, 1.82) is 0 Å². The van der Waals surface area contributed by atoms with Crippen LogP contribution in [0.3, 0.4) is 0 Å². The minimum absolute atomic E-state index is 0.0129. The molecule has 2 bridgehead atoms. The lowest BCUT2D eigenvalue weighted by atomic mass is 9.80. The Bertz CT molecular complexity index is 790. The number of aliphatic carboxylic acids is 1. The smallest absolute Gasteiger partial charge is 0.309 e. The van der Waals surface area contributed by atoms with Gasteiger partial charge in [-0.1, -0.05) is 18.2 Å². The number of benzene rings is 1. The molecule has 2 aliphatic heterocycles. The molecule has 2 atom stereocenters. The lowest BCUT2D eigenvalue weighted by Crippen LogP contribution is -2.48. The Kier molecular flexibility index (Phi) is 3.60. The highest BCUT2D eigenvalue weighted by molar-refractivity contribution is 5.87. The van der Waals surface area contributed by atoms with Crippen molar-refractivity contribution in [3.63, 3.8) is 0 Å². The van der Waals surface area contributed by atoms with Gasteiger partial charge in [-0.3, -0.25) is 9.59 Å². The van der Waals surface area contributed by atoms with Crippen LogP contribution in [-0.4, -0.2) is 35.8 Å². The van der Waals surface area contributed by atoms with Crippen LogP contribution in [0, 0.1) is 10.8 Å². The fourth-order valence-corrected chi connectivity index (χ4v) is 5.69. The number of carbonyl (C=O) groups excluding carboxylic acids is 1. The number of ether oxygens (including phenoxy) is 2. The molecule has 27 heavy (non-hydrogen) atoms. The Balaban J connectivity index is 1.40. The molecule has 0 radical (unpaired) electrons. The molecule has 4 aliphatic rings. The SMILES string of the molecule is O=C(O)C12CCC(C(=O)NC3CC4(CCOC4)Oc4ccccc43)(CC1)C2. The van der Waals surface area contributed by atoms with Crippen LogP contribution in [0.1, 0.15) is 56.6 Å². The minimum atomic E-state index is -0.742. The maximum Gasteiger partial charge on any atom is 0.309 e. The van der Waals surface area contributed by atoms with Gasteiger partial charge in [0.15, 0.2) is 0 Å². The van der Waals surface area contributed by atoms with Gasteiger partial charge in [0.05, 0.1) is 30.1 Å². The van der Waals surface area contributed by atoms with E-state index in [2.05, 4.69) is 5.32 Å². The molecule has 5 rings (SSSR count). The quantitative estimate of drug-likeness (QED) is 0.853. The number of carbonyl (C=O) groups is 2. The summed E-state index contributed by atoms with van der Waals surface area (Å²) in [5, 5.41) is 12.9. The maximum atomic E-state index is 13.3. The molecule has 144 valence electrons. The Labute approximate surface area is 158 Å². The van der Waals surface area contributed by atoms with Crippen molar-refractivity contribution >= 4 is 11.9 Å². The summed E-state index contributed by atoms with van der Waals surface area (Å²) in [6, 6.07) is 7.74. The van der Waals surface area contributed by atoms with Crippen LogP contribution >= 0.6 is 0 Å². The summed E-state index contributed by atoms with van der Waals surface area (Å²) in [5.74, 6) is 0.0850. The van der Waals surface area contributed by atoms with Crippen LogP contribution in [0.25, 0.3) is 0 Å². The zero-order valence-corrected chi connectivity index (χ0v) is 15.3. The largest absolute Gasteiger partial charge is 0.484 e. The second-order valence-corrected chi connectivity index (χ2v) is 8.90. The van der Waals surface area contributed by atoms with Crippen LogP contribution in [0.5, 0.6) is 5.75 Å². The molecule has 2 N–H and O–H groups in total. The molecule has 1 aromatic carbocycles. The fraction of sp³-hybridized carbons (Fsp3) is 0.619.